The predicted octanol–water partition coefficient (Wildman–Crippen LogP) is 2.82. The molecule has 0 bridgehead atoms. The lowest BCUT2D eigenvalue weighted by molar-refractivity contribution is 0.0616. The van der Waals surface area contributed by atoms with Crippen molar-refractivity contribution < 1.29 is 9.94 Å². The normalized spacial score (nSPS) is 17.5. The largest absolute Gasteiger partial charge is 0.409 e. The van der Waals surface area contributed by atoms with Crippen LogP contribution in [0.1, 0.15) is 18.4 Å². The van der Waals surface area contributed by atoms with Crippen molar-refractivity contribution in [3.8, 4) is 0 Å². The van der Waals surface area contributed by atoms with Gasteiger partial charge in [0, 0.05) is 36.9 Å². The molecule has 0 unspecified atom stereocenters. The third kappa shape index (κ3) is 2.71. The van der Waals surface area contributed by atoms with Crippen molar-refractivity contribution >= 4 is 28.3 Å². The number of aromatic nitrogens is 1. The van der Waals surface area contributed by atoms with Gasteiger partial charge in [-0.1, -0.05) is 28.9 Å². The molecule has 0 amide bonds. The number of amidine groups is 1. The van der Waals surface area contributed by atoms with Gasteiger partial charge in [-0.3, -0.25) is 0 Å². The van der Waals surface area contributed by atoms with Crippen molar-refractivity contribution in [1.82, 2.24) is 4.57 Å². The van der Waals surface area contributed by atoms with Crippen LogP contribution in [0.4, 0.5) is 0 Å². The third-order valence-corrected chi connectivity index (χ3v) is 4.33. The Hall–Kier alpha value is -1.72. The van der Waals surface area contributed by atoms with Gasteiger partial charge in [0.15, 0.2) is 5.84 Å². The summed E-state index contributed by atoms with van der Waals surface area (Å²) in [6.07, 6.45) is 4.01. The fourth-order valence-electron chi connectivity index (χ4n) is 2.92. The Morgan fingerprint density at radius 1 is 1.43 bits per heavy atom. The molecule has 6 heteroatoms. The zero-order chi connectivity index (χ0) is 14.8. The lowest BCUT2D eigenvalue weighted by Crippen LogP contribution is -2.20. The van der Waals surface area contributed by atoms with E-state index >= 15 is 0 Å². The highest BCUT2D eigenvalue weighted by Crippen LogP contribution is 2.30. The van der Waals surface area contributed by atoms with E-state index in [9.17, 15) is 0 Å². The van der Waals surface area contributed by atoms with Gasteiger partial charge in [0.2, 0.25) is 0 Å². The Labute approximate surface area is 127 Å². The molecule has 0 atom stereocenters. The highest BCUT2D eigenvalue weighted by atomic mass is 35.5. The van der Waals surface area contributed by atoms with Crippen molar-refractivity contribution in [2.24, 2.45) is 16.8 Å². The molecule has 0 radical (unpaired) electrons. The van der Waals surface area contributed by atoms with Crippen molar-refractivity contribution in [3.63, 3.8) is 0 Å². The number of hydrogen-bond acceptors (Lipinski definition) is 3. The second-order valence-corrected chi connectivity index (χ2v) is 5.78. The van der Waals surface area contributed by atoms with E-state index in [4.69, 9.17) is 27.3 Å². The lowest BCUT2D eigenvalue weighted by atomic mass is 10.0. The van der Waals surface area contributed by atoms with Crippen molar-refractivity contribution in [2.45, 2.75) is 19.4 Å². The quantitative estimate of drug-likeness (QED) is 0.396. The number of nitrogens with zero attached hydrogens (tertiary/aromatic N) is 2. The summed E-state index contributed by atoms with van der Waals surface area (Å²) in [6.45, 7) is 2.48. The molecular weight excluding hydrogens is 290 g/mol. The lowest BCUT2D eigenvalue weighted by Gasteiger charge is -2.23. The molecule has 1 aromatic heterocycles. The molecule has 5 nitrogen and oxygen atoms in total. The molecule has 0 saturated carbocycles. The van der Waals surface area contributed by atoms with Crippen LogP contribution in [0, 0.1) is 5.92 Å². The first-order valence-corrected chi connectivity index (χ1v) is 7.41. The van der Waals surface area contributed by atoms with Gasteiger partial charge in [0.25, 0.3) is 0 Å². The second-order valence-electron chi connectivity index (χ2n) is 5.37. The van der Waals surface area contributed by atoms with Crippen LogP contribution >= 0.6 is 11.6 Å². The highest BCUT2D eigenvalue weighted by Gasteiger charge is 2.19. The number of benzene rings is 1. The molecule has 0 spiro atoms. The summed E-state index contributed by atoms with van der Waals surface area (Å²) in [5, 5.41) is 13.7. The second kappa shape index (κ2) is 5.95. The van der Waals surface area contributed by atoms with Crippen molar-refractivity contribution in [3.05, 3.63) is 35.0 Å². The van der Waals surface area contributed by atoms with Crippen LogP contribution < -0.4 is 5.73 Å². The number of ether oxygens (including phenoxy) is 1. The summed E-state index contributed by atoms with van der Waals surface area (Å²) in [7, 11) is 0. The van der Waals surface area contributed by atoms with Gasteiger partial charge in [0.05, 0.1) is 10.5 Å². The standard InChI is InChI=1S/C15H18ClN3O2/c16-13-3-1-2-11-12(15(17)18-20)9-19(14(11)13)8-10-4-6-21-7-5-10/h1-3,9-10,20H,4-8H2,(H2,17,18). The number of hydrogen-bond donors (Lipinski definition) is 2. The van der Waals surface area contributed by atoms with Crippen LogP contribution in [0.3, 0.4) is 0 Å². The SMILES string of the molecule is N/C(=N/O)c1cn(CC2CCOCC2)c2c(Cl)cccc12. The molecule has 3 rings (SSSR count). The minimum absolute atomic E-state index is 0.105. The van der Waals surface area contributed by atoms with E-state index in [2.05, 4.69) is 9.72 Å². The Morgan fingerprint density at radius 3 is 2.90 bits per heavy atom. The summed E-state index contributed by atoms with van der Waals surface area (Å²) in [5.74, 6) is 0.666. The zero-order valence-electron chi connectivity index (χ0n) is 11.6. The van der Waals surface area contributed by atoms with Crippen molar-refractivity contribution in [1.29, 1.82) is 0 Å². The van der Waals surface area contributed by atoms with Gasteiger partial charge in [-0.15, -0.1) is 0 Å². The fourth-order valence-corrected chi connectivity index (χ4v) is 3.21. The van der Waals surface area contributed by atoms with Crippen LogP contribution in [-0.4, -0.2) is 28.8 Å². The first kappa shape index (κ1) is 14.2. The van der Waals surface area contributed by atoms with Gasteiger partial charge in [-0.2, -0.15) is 0 Å². The summed E-state index contributed by atoms with van der Waals surface area (Å²) in [4.78, 5) is 0. The van der Waals surface area contributed by atoms with Crippen LogP contribution in [-0.2, 0) is 11.3 Å². The summed E-state index contributed by atoms with van der Waals surface area (Å²) in [6, 6.07) is 5.67. The minimum atomic E-state index is 0.105. The molecule has 1 saturated heterocycles. The third-order valence-electron chi connectivity index (χ3n) is 4.03. The molecule has 1 aliphatic heterocycles. The first-order chi connectivity index (χ1) is 10.2. The van der Waals surface area contributed by atoms with E-state index < -0.39 is 0 Å². The van der Waals surface area contributed by atoms with Gasteiger partial charge in [-0.05, 0) is 24.8 Å². The summed E-state index contributed by atoms with van der Waals surface area (Å²) >= 11 is 6.35. The van der Waals surface area contributed by atoms with Crippen LogP contribution in [0.15, 0.2) is 29.6 Å². The van der Waals surface area contributed by atoms with Crippen LogP contribution in [0.5, 0.6) is 0 Å². The minimum Gasteiger partial charge on any atom is -0.409 e. The number of nitrogens with two attached hydrogens (primary N) is 1. The monoisotopic (exact) mass is 307 g/mol. The Bertz CT molecular complexity index is 675. The smallest absolute Gasteiger partial charge is 0.172 e. The van der Waals surface area contributed by atoms with Gasteiger partial charge < -0.3 is 20.2 Å². The molecule has 3 N–H and O–H groups in total. The van der Waals surface area contributed by atoms with Gasteiger partial charge >= 0.3 is 0 Å². The molecule has 0 aliphatic carbocycles. The van der Waals surface area contributed by atoms with Crippen molar-refractivity contribution in [2.75, 3.05) is 13.2 Å². The van der Waals surface area contributed by atoms with E-state index in [-0.39, 0.29) is 5.84 Å². The number of oxime groups is 1. The Kier molecular flexibility index (Phi) is 4.03. The maximum Gasteiger partial charge on any atom is 0.172 e. The summed E-state index contributed by atoms with van der Waals surface area (Å²) in [5.41, 5.74) is 7.43. The molecule has 1 aromatic carbocycles. The average molecular weight is 308 g/mol. The molecule has 2 aromatic rings. The Morgan fingerprint density at radius 2 is 2.19 bits per heavy atom. The van der Waals surface area contributed by atoms with E-state index in [1.165, 1.54) is 0 Å². The van der Waals surface area contributed by atoms with E-state index in [0.29, 0.717) is 16.5 Å². The van der Waals surface area contributed by atoms with E-state index in [1.54, 1.807) is 0 Å². The zero-order valence-corrected chi connectivity index (χ0v) is 12.4. The van der Waals surface area contributed by atoms with E-state index in [1.807, 2.05) is 24.4 Å². The number of fused-ring (bicyclic) bond motifs is 1. The topological polar surface area (TPSA) is 72.8 Å². The maximum absolute atomic E-state index is 8.95. The Balaban J connectivity index is 2.04. The summed E-state index contributed by atoms with van der Waals surface area (Å²) < 4.78 is 7.51. The average Bonchev–Trinajstić information content (AvgIpc) is 2.87. The molecular formula is C15H18ClN3O2. The molecule has 112 valence electrons. The fraction of sp³-hybridized carbons (Fsp3) is 0.400. The molecule has 21 heavy (non-hydrogen) atoms. The maximum atomic E-state index is 8.95. The predicted molar refractivity (Wildman–Crippen MR) is 83.0 cm³/mol. The molecule has 2 heterocycles. The number of rotatable bonds is 3. The van der Waals surface area contributed by atoms with E-state index in [0.717, 1.165) is 43.5 Å². The van der Waals surface area contributed by atoms with Crippen LogP contribution in [0.2, 0.25) is 5.02 Å². The van der Waals surface area contributed by atoms with Crippen LogP contribution in [0.25, 0.3) is 10.9 Å². The highest BCUT2D eigenvalue weighted by molar-refractivity contribution is 6.35. The number of para-hydroxylation sites is 1. The first-order valence-electron chi connectivity index (χ1n) is 7.03. The number of halogens is 1. The molecule has 1 aliphatic rings. The van der Waals surface area contributed by atoms with Gasteiger partial charge in [-0.25, -0.2) is 0 Å². The van der Waals surface area contributed by atoms with Gasteiger partial charge in [0.1, 0.15) is 0 Å². The molecule has 1 fully saturated rings.